The number of carbonyl (C=O) groups is 2. The van der Waals surface area contributed by atoms with Crippen molar-refractivity contribution < 1.29 is 14.3 Å². The van der Waals surface area contributed by atoms with Gasteiger partial charge in [-0.15, -0.1) is 0 Å². The van der Waals surface area contributed by atoms with Crippen LogP contribution in [0.2, 0.25) is 0 Å². The summed E-state index contributed by atoms with van der Waals surface area (Å²) >= 11 is 0. The van der Waals surface area contributed by atoms with Crippen LogP contribution in [-0.2, 0) is 14.3 Å². The lowest BCUT2D eigenvalue weighted by Gasteiger charge is -2.24. The van der Waals surface area contributed by atoms with Crippen LogP contribution >= 0.6 is 0 Å². The van der Waals surface area contributed by atoms with Crippen molar-refractivity contribution in [2.45, 2.75) is 32.7 Å². The van der Waals surface area contributed by atoms with E-state index in [-0.39, 0.29) is 24.5 Å². The van der Waals surface area contributed by atoms with E-state index in [4.69, 9.17) is 0 Å². The van der Waals surface area contributed by atoms with Gasteiger partial charge in [0.1, 0.15) is 0 Å². The molecule has 1 aliphatic rings. The number of carbonyl (C=O) groups excluding carboxylic acids is 2. The third-order valence-corrected chi connectivity index (χ3v) is 3.11. The fourth-order valence-corrected chi connectivity index (χ4v) is 1.93. The molecule has 0 spiro atoms. The van der Waals surface area contributed by atoms with Gasteiger partial charge in [0.05, 0.1) is 25.8 Å². The van der Waals surface area contributed by atoms with Crippen LogP contribution < -0.4 is 5.32 Å². The third kappa shape index (κ3) is 4.77. The number of methoxy groups -OCH3 is 1. The van der Waals surface area contributed by atoms with Crippen LogP contribution in [0, 0.1) is 0 Å². The summed E-state index contributed by atoms with van der Waals surface area (Å²) in [4.78, 5) is 25.1. The van der Waals surface area contributed by atoms with Crippen molar-refractivity contribution in [3.63, 3.8) is 0 Å². The largest absolute Gasteiger partial charge is 0.466 e. The number of hydrogen-bond acceptors (Lipinski definition) is 4. The molecule has 106 valence electrons. The zero-order chi connectivity index (χ0) is 14.3. The fourth-order valence-electron chi connectivity index (χ4n) is 1.93. The van der Waals surface area contributed by atoms with Gasteiger partial charge in [-0.3, -0.25) is 4.79 Å². The van der Waals surface area contributed by atoms with Crippen LogP contribution in [0.4, 0.5) is 0 Å². The maximum Gasteiger partial charge on any atom is 0.335 e. The van der Waals surface area contributed by atoms with Gasteiger partial charge in [0.2, 0.25) is 5.91 Å². The molecule has 1 rings (SSSR count). The van der Waals surface area contributed by atoms with Crippen molar-refractivity contribution >= 4 is 11.9 Å². The molecule has 0 aliphatic carbocycles. The highest BCUT2D eigenvalue weighted by atomic mass is 16.5. The molecule has 1 N–H and O–H groups in total. The summed E-state index contributed by atoms with van der Waals surface area (Å²) in [5.41, 5.74) is 0.556. The summed E-state index contributed by atoms with van der Waals surface area (Å²) in [5, 5.41) is 2.97. The molecule has 1 heterocycles. The Bertz CT molecular complexity index is 384. The Labute approximate surface area is 114 Å². The van der Waals surface area contributed by atoms with E-state index in [9.17, 15) is 9.59 Å². The number of hydrogen-bond donors (Lipinski definition) is 1. The van der Waals surface area contributed by atoms with Gasteiger partial charge in [0.25, 0.3) is 0 Å². The van der Waals surface area contributed by atoms with E-state index in [1.165, 1.54) is 7.11 Å². The molecule has 1 amide bonds. The Kier molecular flexibility index (Phi) is 6.12. The maximum atomic E-state index is 11.9. The zero-order valence-electron chi connectivity index (χ0n) is 11.8. The van der Waals surface area contributed by atoms with Gasteiger partial charge >= 0.3 is 5.97 Å². The van der Waals surface area contributed by atoms with Crippen LogP contribution in [0.3, 0.4) is 0 Å². The average molecular weight is 266 g/mol. The third-order valence-electron chi connectivity index (χ3n) is 3.11. The molecule has 0 saturated carbocycles. The lowest BCUT2D eigenvalue weighted by Crippen LogP contribution is -2.41. The minimum atomic E-state index is -0.352. The molecule has 5 nitrogen and oxygen atoms in total. The first-order valence-corrected chi connectivity index (χ1v) is 6.59. The SMILES string of the molecule is CCC(CC)NC(=O)CN1C=CC=C(C(=O)OC)C1. The Morgan fingerprint density at radius 1 is 1.42 bits per heavy atom. The summed E-state index contributed by atoms with van der Waals surface area (Å²) < 4.78 is 4.67. The number of nitrogens with zero attached hydrogens (tertiary/aromatic N) is 1. The topological polar surface area (TPSA) is 58.6 Å². The number of rotatable bonds is 6. The van der Waals surface area contributed by atoms with Gasteiger partial charge in [-0.25, -0.2) is 4.79 Å². The molecule has 0 aromatic carbocycles. The first-order valence-electron chi connectivity index (χ1n) is 6.59. The van der Waals surface area contributed by atoms with Gasteiger partial charge in [0.15, 0.2) is 0 Å². The average Bonchev–Trinajstić information content (AvgIpc) is 2.44. The summed E-state index contributed by atoms with van der Waals surface area (Å²) in [5.74, 6) is -0.376. The number of esters is 1. The minimum absolute atomic E-state index is 0.0236. The zero-order valence-corrected chi connectivity index (χ0v) is 11.8. The van der Waals surface area contributed by atoms with Gasteiger partial charge in [-0.05, 0) is 31.2 Å². The number of ether oxygens (including phenoxy) is 1. The van der Waals surface area contributed by atoms with Gasteiger partial charge < -0.3 is 15.0 Å². The van der Waals surface area contributed by atoms with E-state index in [0.29, 0.717) is 12.1 Å². The Balaban J connectivity index is 2.47. The molecule has 0 atom stereocenters. The lowest BCUT2D eigenvalue weighted by atomic mass is 10.1. The van der Waals surface area contributed by atoms with Gasteiger partial charge in [-0.1, -0.05) is 13.8 Å². The first-order chi connectivity index (χ1) is 9.10. The van der Waals surface area contributed by atoms with E-state index < -0.39 is 0 Å². The van der Waals surface area contributed by atoms with Crippen LogP contribution in [0.15, 0.2) is 23.9 Å². The second-order valence-electron chi connectivity index (χ2n) is 4.51. The molecule has 5 heteroatoms. The van der Waals surface area contributed by atoms with Crippen molar-refractivity contribution in [3.05, 3.63) is 23.9 Å². The summed E-state index contributed by atoms with van der Waals surface area (Å²) in [7, 11) is 1.35. The molecular weight excluding hydrogens is 244 g/mol. The number of nitrogens with one attached hydrogen (secondary N) is 1. The fraction of sp³-hybridized carbons (Fsp3) is 0.571. The quantitative estimate of drug-likeness (QED) is 0.734. The summed E-state index contributed by atoms with van der Waals surface area (Å²) in [6.45, 7) is 4.75. The van der Waals surface area contributed by atoms with Gasteiger partial charge in [0, 0.05) is 6.04 Å². The van der Waals surface area contributed by atoms with E-state index in [0.717, 1.165) is 12.8 Å². The highest BCUT2D eigenvalue weighted by Gasteiger charge is 2.17. The van der Waals surface area contributed by atoms with E-state index >= 15 is 0 Å². The molecule has 0 radical (unpaired) electrons. The maximum absolute atomic E-state index is 11.9. The van der Waals surface area contributed by atoms with Gasteiger partial charge in [-0.2, -0.15) is 0 Å². The molecule has 0 unspecified atom stereocenters. The molecule has 0 aromatic rings. The van der Waals surface area contributed by atoms with Crippen LogP contribution in [0.1, 0.15) is 26.7 Å². The highest BCUT2D eigenvalue weighted by Crippen LogP contribution is 2.08. The Morgan fingerprint density at radius 3 is 2.68 bits per heavy atom. The summed E-state index contributed by atoms with van der Waals surface area (Å²) in [6, 6.07) is 0.219. The van der Waals surface area contributed by atoms with Crippen molar-refractivity contribution in [2.24, 2.45) is 0 Å². The number of amides is 1. The van der Waals surface area contributed by atoms with E-state index in [1.54, 1.807) is 23.3 Å². The Hall–Kier alpha value is -1.78. The molecule has 0 bridgehead atoms. The molecule has 0 saturated heterocycles. The van der Waals surface area contributed by atoms with Crippen molar-refractivity contribution in [1.82, 2.24) is 10.2 Å². The highest BCUT2D eigenvalue weighted by molar-refractivity contribution is 5.89. The normalized spacial score (nSPS) is 14.3. The molecule has 19 heavy (non-hydrogen) atoms. The Morgan fingerprint density at radius 2 is 2.11 bits per heavy atom. The minimum Gasteiger partial charge on any atom is -0.466 e. The molecular formula is C14H22N2O3. The van der Waals surface area contributed by atoms with Crippen LogP contribution in [-0.4, -0.2) is 43.0 Å². The van der Waals surface area contributed by atoms with E-state index in [1.807, 2.05) is 13.8 Å². The molecule has 0 aromatic heterocycles. The predicted molar refractivity (Wildman–Crippen MR) is 73.3 cm³/mol. The van der Waals surface area contributed by atoms with Crippen LogP contribution in [0.25, 0.3) is 0 Å². The van der Waals surface area contributed by atoms with Crippen molar-refractivity contribution in [2.75, 3.05) is 20.2 Å². The van der Waals surface area contributed by atoms with Crippen molar-refractivity contribution in [3.8, 4) is 0 Å². The summed E-state index contributed by atoms with van der Waals surface area (Å²) in [6.07, 6.45) is 7.11. The monoisotopic (exact) mass is 266 g/mol. The smallest absolute Gasteiger partial charge is 0.335 e. The number of allylic oxidation sites excluding steroid dienone is 2. The lowest BCUT2D eigenvalue weighted by molar-refractivity contribution is -0.136. The molecule has 0 fully saturated rings. The molecule has 1 aliphatic heterocycles. The second-order valence-corrected chi connectivity index (χ2v) is 4.51. The van der Waals surface area contributed by atoms with Crippen molar-refractivity contribution in [1.29, 1.82) is 0 Å². The predicted octanol–water partition coefficient (Wildman–Crippen LogP) is 1.22. The second kappa shape index (κ2) is 7.61. The van der Waals surface area contributed by atoms with Crippen LogP contribution in [0.5, 0.6) is 0 Å². The standard InChI is InChI=1S/C14H22N2O3/c1-4-12(5-2)15-13(17)10-16-8-6-7-11(9-16)14(18)19-3/h6-8,12H,4-5,9-10H2,1-3H3,(H,15,17). The van der Waals surface area contributed by atoms with E-state index in [2.05, 4.69) is 10.1 Å². The first kappa shape index (κ1) is 15.3.